The van der Waals surface area contributed by atoms with Gasteiger partial charge in [-0.3, -0.25) is 9.69 Å². The Morgan fingerprint density at radius 3 is 2.37 bits per heavy atom. The first-order valence-corrected chi connectivity index (χ1v) is 16.9. The molecule has 7 rings (SSSR count). The topological polar surface area (TPSA) is 94.0 Å². The highest BCUT2D eigenvalue weighted by Gasteiger charge is 2.29. The molecule has 5 aromatic rings. The summed E-state index contributed by atoms with van der Waals surface area (Å²) in [6.07, 6.45) is 9.88. The van der Waals surface area contributed by atoms with Crippen molar-refractivity contribution < 1.29 is 19.0 Å². The van der Waals surface area contributed by atoms with Crippen molar-refractivity contribution in [2.24, 2.45) is 0 Å². The van der Waals surface area contributed by atoms with Crippen molar-refractivity contribution in [3.05, 3.63) is 109 Å². The van der Waals surface area contributed by atoms with E-state index in [-0.39, 0.29) is 11.9 Å². The van der Waals surface area contributed by atoms with Gasteiger partial charge in [0.15, 0.2) is 11.5 Å². The predicted molar refractivity (Wildman–Crippen MR) is 191 cm³/mol. The van der Waals surface area contributed by atoms with Crippen LogP contribution in [0.5, 0.6) is 28.7 Å². The standard InChI is InChI=1S/C39H42N6O4/c1-43(29-14-15-29)24-7-11-36(46)44-25-6-8-30(44)26-41-38-37-35(49-34-20-18-33(19-21-34)48-32-9-4-3-5-10-32)22-23-40-39(37)45(42-38)27-28-12-16-31(47-2)17-13-28/h3-5,7,9-13,16-23,29-30H,6,8,14-15,24-27H2,1-2H3,(H,41,42). The Morgan fingerprint density at radius 2 is 1.63 bits per heavy atom. The Labute approximate surface area is 286 Å². The van der Waals surface area contributed by atoms with E-state index in [0.29, 0.717) is 47.8 Å². The van der Waals surface area contributed by atoms with Crippen LogP contribution in [0.3, 0.4) is 0 Å². The van der Waals surface area contributed by atoms with Gasteiger partial charge in [-0.25, -0.2) is 9.67 Å². The number of rotatable bonds is 14. The summed E-state index contributed by atoms with van der Waals surface area (Å²) in [5.74, 6) is 4.30. The number of likely N-dealkylation sites (tertiary alicyclic amines) is 1. The van der Waals surface area contributed by atoms with Crippen molar-refractivity contribution in [3.63, 3.8) is 0 Å². The smallest absolute Gasteiger partial charge is 0.246 e. The number of anilines is 1. The second-order valence-corrected chi connectivity index (χ2v) is 12.6. The number of amides is 1. The minimum atomic E-state index is 0.0540. The zero-order valence-electron chi connectivity index (χ0n) is 28.0. The molecule has 0 radical (unpaired) electrons. The largest absolute Gasteiger partial charge is 0.497 e. The highest BCUT2D eigenvalue weighted by Crippen LogP contribution is 2.36. The number of nitrogens with one attached hydrogen (secondary N) is 1. The second-order valence-electron chi connectivity index (χ2n) is 12.6. The van der Waals surface area contributed by atoms with Gasteiger partial charge in [0.1, 0.15) is 34.1 Å². The molecular formula is C39H42N6O4. The maximum atomic E-state index is 13.2. The zero-order valence-corrected chi connectivity index (χ0v) is 28.0. The van der Waals surface area contributed by atoms with Gasteiger partial charge in [0.25, 0.3) is 0 Å². The van der Waals surface area contributed by atoms with Gasteiger partial charge in [0.2, 0.25) is 5.91 Å². The van der Waals surface area contributed by atoms with Gasteiger partial charge in [-0.15, -0.1) is 0 Å². The van der Waals surface area contributed by atoms with Gasteiger partial charge < -0.3 is 24.4 Å². The molecule has 1 unspecified atom stereocenters. The van der Waals surface area contributed by atoms with E-state index in [9.17, 15) is 4.79 Å². The molecule has 10 heteroatoms. The molecule has 1 saturated carbocycles. The van der Waals surface area contributed by atoms with E-state index in [4.69, 9.17) is 24.3 Å². The Bertz CT molecular complexity index is 1890. The van der Waals surface area contributed by atoms with Gasteiger partial charge in [0.05, 0.1) is 13.7 Å². The van der Waals surface area contributed by atoms with Crippen molar-refractivity contribution in [2.45, 2.75) is 44.3 Å². The molecule has 1 saturated heterocycles. The fourth-order valence-electron chi connectivity index (χ4n) is 6.25. The lowest BCUT2D eigenvalue weighted by Gasteiger charge is -2.24. The summed E-state index contributed by atoms with van der Waals surface area (Å²) < 4.78 is 19.7. The summed E-state index contributed by atoms with van der Waals surface area (Å²) in [5, 5.41) is 9.36. The van der Waals surface area contributed by atoms with Gasteiger partial charge >= 0.3 is 0 Å². The first kappa shape index (κ1) is 32.2. The van der Waals surface area contributed by atoms with Gasteiger partial charge in [-0.2, -0.15) is 5.10 Å². The number of hydrogen-bond acceptors (Lipinski definition) is 8. The summed E-state index contributed by atoms with van der Waals surface area (Å²) in [5.41, 5.74) is 1.76. The first-order chi connectivity index (χ1) is 24.0. The average molecular weight is 659 g/mol. The van der Waals surface area contributed by atoms with E-state index < -0.39 is 0 Å². The van der Waals surface area contributed by atoms with Crippen LogP contribution >= 0.6 is 0 Å². The molecule has 1 aliphatic carbocycles. The minimum absolute atomic E-state index is 0.0540. The number of aromatic nitrogens is 3. The number of para-hydroxylation sites is 1. The molecular weight excluding hydrogens is 616 g/mol. The number of ether oxygens (including phenoxy) is 3. The highest BCUT2D eigenvalue weighted by molar-refractivity contribution is 5.93. The minimum Gasteiger partial charge on any atom is -0.497 e. The molecule has 0 bridgehead atoms. The molecule has 1 atom stereocenters. The molecule has 0 spiro atoms. The molecule has 2 fully saturated rings. The maximum Gasteiger partial charge on any atom is 0.246 e. The summed E-state index contributed by atoms with van der Waals surface area (Å²) in [7, 11) is 3.78. The molecule has 49 heavy (non-hydrogen) atoms. The van der Waals surface area contributed by atoms with Crippen molar-refractivity contribution in [2.75, 3.05) is 39.1 Å². The second kappa shape index (κ2) is 14.8. The zero-order chi connectivity index (χ0) is 33.6. The highest BCUT2D eigenvalue weighted by atomic mass is 16.5. The van der Waals surface area contributed by atoms with E-state index in [2.05, 4.69) is 17.3 Å². The Balaban J connectivity index is 1.11. The van der Waals surface area contributed by atoms with Crippen LogP contribution in [0.2, 0.25) is 0 Å². The Kier molecular flexibility index (Phi) is 9.74. The third-order valence-electron chi connectivity index (χ3n) is 9.11. The van der Waals surface area contributed by atoms with Crippen LogP contribution in [-0.2, 0) is 11.3 Å². The summed E-state index contributed by atoms with van der Waals surface area (Å²) >= 11 is 0. The van der Waals surface area contributed by atoms with Crippen molar-refractivity contribution >= 4 is 22.8 Å². The van der Waals surface area contributed by atoms with Crippen molar-refractivity contribution in [1.82, 2.24) is 24.6 Å². The number of carbonyl (C=O) groups is 1. The molecule has 1 aliphatic heterocycles. The van der Waals surface area contributed by atoms with Crippen LogP contribution in [-0.4, -0.2) is 76.3 Å². The molecule has 1 amide bonds. The van der Waals surface area contributed by atoms with Crippen LogP contribution in [0.25, 0.3) is 11.0 Å². The lowest BCUT2D eigenvalue weighted by Crippen LogP contribution is -2.38. The van der Waals surface area contributed by atoms with Crippen LogP contribution in [0.4, 0.5) is 5.82 Å². The molecule has 1 N–H and O–H groups in total. The average Bonchev–Trinajstić information content (AvgIpc) is 3.78. The molecule has 10 nitrogen and oxygen atoms in total. The molecule has 2 aromatic heterocycles. The van der Waals surface area contributed by atoms with Crippen LogP contribution in [0, 0.1) is 0 Å². The number of hydrogen-bond donors (Lipinski definition) is 1. The number of fused-ring (bicyclic) bond motifs is 1. The number of nitrogens with zero attached hydrogens (tertiary/aromatic N) is 5. The third kappa shape index (κ3) is 7.87. The van der Waals surface area contributed by atoms with Gasteiger partial charge in [-0.1, -0.05) is 36.4 Å². The summed E-state index contributed by atoms with van der Waals surface area (Å²) in [4.78, 5) is 22.2. The summed E-state index contributed by atoms with van der Waals surface area (Å²) in [6.45, 7) is 2.62. The van der Waals surface area contributed by atoms with Crippen LogP contribution in [0.1, 0.15) is 31.2 Å². The summed E-state index contributed by atoms with van der Waals surface area (Å²) in [6, 6.07) is 27.7. The fraction of sp³-hybridized carbons (Fsp3) is 0.308. The van der Waals surface area contributed by atoms with Crippen molar-refractivity contribution in [1.29, 1.82) is 0 Å². The maximum absolute atomic E-state index is 13.2. The normalized spacial score (nSPS) is 16.1. The van der Waals surface area contributed by atoms with E-state index >= 15 is 0 Å². The van der Waals surface area contributed by atoms with E-state index in [1.54, 1.807) is 19.4 Å². The number of carbonyl (C=O) groups excluding carboxylic acids is 1. The number of pyridine rings is 1. The number of methoxy groups -OCH3 is 1. The number of benzene rings is 3. The van der Waals surface area contributed by atoms with Crippen LogP contribution in [0.15, 0.2) is 103 Å². The predicted octanol–water partition coefficient (Wildman–Crippen LogP) is 7.13. The van der Waals surface area contributed by atoms with Crippen molar-refractivity contribution in [3.8, 4) is 28.7 Å². The molecule has 3 aromatic carbocycles. The monoisotopic (exact) mass is 658 g/mol. The van der Waals surface area contributed by atoms with E-state index in [0.717, 1.165) is 48.4 Å². The number of likely N-dealkylation sites (N-methyl/N-ethyl adjacent to an activating group) is 1. The molecule has 252 valence electrons. The Hall–Kier alpha value is -5.35. The quantitative estimate of drug-likeness (QED) is 0.126. The first-order valence-electron chi connectivity index (χ1n) is 16.9. The third-order valence-corrected chi connectivity index (χ3v) is 9.11. The fourth-order valence-corrected chi connectivity index (χ4v) is 6.25. The van der Waals surface area contributed by atoms with E-state index in [1.807, 2.05) is 101 Å². The van der Waals surface area contributed by atoms with Gasteiger partial charge in [-0.05, 0) is 86.8 Å². The van der Waals surface area contributed by atoms with E-state index in [1.165, 1.54) is 12.8 Å². The molecule has 3 heterocycles. The van der Waals surface area contributed by atoms with Gasteiger partial charge in [0, 0.05) is 50.1 Å². The Morgan fingerprint density at radius 1 is 0.918 bits per heavy atom. The van der Waals surface area contributed by atoms with Crippen LogP contribution < -0.4 is 19.5 Å². The lowest BCUT2D eigenvalue weighted by molar-refractivity contribution is -0.126. The SMILES string of the molecule is COc1ccc(Cn2nc(NCC3CCCN3C(=O)C=CCN(C)C3CC3)c3c(Oc4ccc(Oc5ccccc5)cc4)ccnc32)cc1. The molecule has 2 aliphatic rings. The lowest BCUT2D eigenvalue weighted by atomic mass is 10.2.